The van der Waals surface area contributed by atoms with Gasteiger partial charge in [-0.05, 0) is 18.2 Å². The van der Waals surface area contributed by atoms with Gasteiger partial charge in [0, 0.05) is 11.3 Å². The summed E-state index contributed by atoms with van der Waals surface area (Å²) in [6, 6.07) is 4.08. The lowest BCUT2D eigenvalue weighted by Crippen LogP contribution is -2.02. The number of benzene rings is 1. The lowest BCUT2D eigenvalue weighted by atomic mass is 10.1. The number of carboxylic acids is 1. The number of carboxylic acid groups (broad SMARTS) is 1. The van der Waals surface area contributed by atoms with Crippen molar-refractivity contribution in [2.45, 2.75) is 0 Å². The van der Waals surface area contributed by atoms with Crippen molar-refractivity contribution in [3.8, 4) is 0 Å². The molecule has 0 aliphatic carbocycles. The molecule has 0 fully saturated rings. The molecular formula is C8H7NO3. The zero-order valence-corrected chi connectivity index (χ0v) is 6.15. The summed E-state index contributed by atoms with van der Waals surface area (Å²) in [5, 5.41) is 8.59. The second-order valence-corrected chi connectivity index (χ2v) is 2.27. The molecule has 0 aliphatic rings. The van der Waals surface area contributed by atoms with Crippen LogP contribution in [0.4, 0.5) is 5.69 Å². The third-order valence-corrected chi connectivity index (χ3v) is 1.43. The predicted molar refractivity (Wildman–Crippen MR) is 43.2 cm³/mol. The van der Waals surface area contributed by atoms with Crippen LogP contribution >= 0.6 is 0 Å². The predicted octanol–water partition coefficient (Wildman–Crippen LogP) is 0.780. The molecule has 12 heavy (non-hydrogen) atoms. The standard InChI is InChI=1S/C8H7NO3/c9-6-1-2-7(8(11)12)5(3-6)4-10/h1-4H,9H2,(H,11,12). The Morgan fingerprint density at radius 1 is 1.50 bits per heavy atom. The van der Waals surface area contributed by atoms with Crippen LogP contribution in [0.2, 0.25) is 0 Å². The molecule has 0 radical (unpaired) electrons. The summed E-state index contributed by atoms with van der Waals surface area (Å²) in [5.41, 5.74) is 5.80. The zero-order valence-electron chi connectivity index (χ0n) is 6.15. The van der Waals surface area contributed by atoms with E-state index in [0.717, 1.165) is 0 Å². The van der Waals surface area contributed by atoms with E-state index in [4.69, 9.17) is 10.8 Å². The molecule has 0 unspecified atom stereocenters. The van der Waals surface area contributed by atoms with Crippen LogP contribution in [-0.4, -0.2) is 17.4 Å². The summed E-state index contributed by atoms with van der Waals surface area (Å²) in [6.07, 6.45) is 0.472. The molecule has 0 heterocycles. The van der Waals surface area contributed by atoms with E-state index in [1.807, 2.05) is 0 Å². The molecule has 62 valence electrons. The van der Waals surface area contributed by atoms with Gasteiger partial charge in [0.1, 0.15) is 0 Å². The monoisotopic (exact) mass is 165 g/mol. The van der Waals surface area contributed by atoms with Gasteiger partial charge >= 0.3 is 5.97 Å². The average molecular weight is 165 g/mol. The fraction of sp³-hybridized carbons (Fsp3) is 0. The van der Waals surface area contributed by atoms with Crippen LogP contribution < -0.4 is 5.73 Å². The summed E-state index contributed by atoms with van der Waals surface area (Å²) in [6.45, 7) is 0. The molecule has 0 spiro atoms. The van der Waals surface area contributed by atoms with Gasteiger partial charge in [-0.3, -0.25) is 4.79 Å². The molecule has 3 N–H and O–H groups in total. The quantitative estimate of drug-likeness (QED) is 0.501. The largest absolute Gasteiger partial charge is 0.478 e. The molecule has 0 amide bonds. The molecule has 0 atom stereocenters. The Bertz CT molecular complexity index is 333. The van der Waals surface area contributed by atoms with E-state index < -0.39 is 5.97 Å². The zero-order chi connectivity index (χ0) is 9.14. The van der Waals surface area contributed by atoms with Crippen LogP contribution in [0.1, 0.15) is 20.7 Å². The number of hydrogen-bond acceptors (Lipinski definition) is 3. The van der Waals surface area contributed by atoms with Gasteiger partial charge in [0.2, 0.25) is 0 Å². The molecular weight excluding hydrogens is 158 g/mol. The summed E-state index contributed by atoms with van der Waals surface area (Å²) < 4.78 is 0. The van der Waals surface area contributed by atoms with Gasteiger partial charge in [-0.25, -0.2) is 4.79 Å². The second kappa shape index (κ2) is 3.04. The Balaban J connectivity index is 3.29. The topological polar surface area (TPSA) is 80.4 Å². The highest BCUT2D eigenvalue weighted by Crippen LogP contribution is 2.11. The highest BCUT2D eigenvalue weighted by atomic mass is 16.4. The molecule has 1 aromatic carbocycles. The molecule has 4 heteroatoms. The molecule has 0 saturated heterocycles. The maximum absolute atomic E-state index is 10.5. The van der Waals surface area contributed by atoms with E-state index in [2.05, 4.69) is 0 Å². The van der Waals surface area contributed by atoms with Crippen molar-refractivity contribution in [1.82, 2.24) is 0 Å². The van der Waals surface area contributed by atoms with Crippen molar-refractivity contribution < 1.29 is 14.7 Å². The number of aromatic carboxylic acids is 1. The molecule has 0 saturated carbocycles. The van der Waals surface area contributed by atoms with E-state index in [0.29, 0.717) is 12.0 Å². The van der Waals surface area contributed by atoms with Crippen LogP contribution in [0, 0.1) is 0 Å². The van der Waals surface area contributed by atoms with Gasteiger partial charge in [-0.1, -0.05) is 0 Å². The third kappa shape index (κ3) is 1.42. The molecule has 1 aromatic rings. The first-order valence-electron chi connectivity index (χ1n) is 3.23. The number of nitrogen functional groups attached to an aromatic ring is 1. The summed E-state index contributed by atoms with van der Waals surface area (Å²) in [4.78, 5) is 20.9. The number of carbonyl (C=O) groups excluding carboxylic acids is 1. The highest BCUT2D eigenvalue weighted by molar-refractivity contribution is 5.97. The average Bonchev–Trinajstić information content (AvgIpc) is 2.03. The molecule has 0 aliphatic heterocycles. The number of rotatable bonds is 2. The first kappa shape index (κ1) is 8.26. The maximum Gasteiger partial charge on any atom is 0.336 e. The number of aldehydes is 1. The van der Waals surface area contributed by atoms with Gasteiger partial charge in [0.15, 0.2) is 6.29 Å². The highest BCUT2D eigenvalue weighted by Gasteiger charge is 2.08. The van der Waals surface area contributed by atoms with Crippen LogP contribution in [-0.2, 0) is 0 Å². The first-order valence-corrected chi connectivity index (χ1v) is 3.23. The van der Waals surface area contributed by atoms with Crippen LogP contribution in [0.25, 0.3) is 0 Å². The van der Waals surface area contributed by atoms with Crippen LogP contribution in [0.15, 0.2) is 18.2 Å². The Labute approximate surface area is 68.6 Å². The number of nitrogens with two attached hydrogens (primary N) is 1. The fourth-order valence-corrected chi connectivity index (χ4v) is 0.873. The lowest BCUT2D eigenvalue weighted by Gasteiger charge is -1.99. The van der Waals surface area contributed by atoms with E-state index >= 15 is 0 Å². The Morgan fingerprint density at radius 3 is 2.67 bits per heavy atom. The van der Waals surface area contributed by atoms with Crippen molar-refractivity contribution >= 4 is 17.9 Å². The molecule has 0 bridgehead atoms. The van der Waals surface area contributed by atoms with E-state index in [1.54, 1.807) is 0 Å². The van der Waals surface area contributed by atoms with Crippen molar-refractivity contribution in [1.29, 1.82) is 0 Å². The van der Waals surface area contributed by atoms with E-state index in [9.17, 15) is 9.59 Å². The minimum Gasteiger partial charge on any atom is -0.478 e. The second-order valence-electron chi connectivity index (χ2n) is 2.27. The number of carbonyl (C=O) groups is 2. The minimum atomic E-state index is -1.13. The van der Waals surface area contributed by atoms with Gasteiger partial charge < -0.3 is 10.8 Å². The molecule has 4 nitrogen and oxygen atoms in total. The summed E-state index contributed by atoms with van der Waals surface area (Å²) in [7, 11) is 0. The van der Waals surface area contributed by atoms with Gasteiger partial charge in [0.25, 0.3) is 0 Å². The van der Waals surface area contributed by atoms with Gasteiger partial charge in [-0.2, -0.15) is 0 Å². The lowest BCUT2D eigenvalue weighted by molar-refractivity contribution is 0.0694. The Hall–Kier alpha value is -1.84. The minimum absolute atomic E-state index is 0.0285. The maximum atomic E-state index is 10.5. The first-order chi connectivity index (χ1) is 5.65. The van der Waals surface area contributed by atoms with Crippen LogP contribution in [0.3, 0.4) is 0 Å². The Kier molecular flexibility index (Phi) is 2.09. The van der Waals surface area contributed by atoms with E-state index in [-0.39, 0.29) is 11.1 Å². The summed E-state index contributed by atoms with van der Waals surface area (Å²) in [5.74, 6) is -1.13. The third-order valence-electron chi connectivity index (χ3n) is 1.43. The van der Waals surface area contributed by atoms with Gasteiger partial charge in [0.05, 0.1) is 5.56 Å². The van der Waals surface area contributed by atoms with E-state index in [1.165, 1.54) is 18.2 Å². The van der Waals surface area contributed by atoms with Crippen molar-refractivity contribution in [2.75, 3.05) is 5.73 Å². The summed E-state index contributed by atoms with van der Waals surface area (Å²) >= 11 is 0. The van der Waals surface area contributed by atoms with Crippen LogP contribution in [0.5, 0.6) is 0 Å². The number of anilines is 1. The Morgan fingerprint density at radius 2 is 2.17 bits per heavy atom. The fourth-order valence-electron chi connectivity index (χ4n) is 0.873. The van der Waals surface area contributed by atoms with Crippen molar-refractivity contribution in [2.24, 2.45) is 0 Å². The molecule has 0 aromatic heterocycles. The number of hydrogen-bond donors (Lipinski definition) is 2. The molecule has 1 rings (SSSR count). The van der Waals surface area contributed by atoms with Crippen molar-refractivity contribution in [3.63, 3.8) is 0 Å². The SMILES string of the molecule is Nc1ccc(C(=O)O)c(C=O)c1. The van der Waals surface area contributed by atoms with Gasteiger partial charge in [-0.15, -0.1) is 0 Å². The smallest absolute Gasteiger partial charge is 0.336 e. The van der Waals surface area contributed by atoms with Crippen molar-refractivity contribution in [3.05, 3.63) is 29.3 Å². The normalized spacial score (nSPS) is 9.33.